The number of carbonyl (C=O) groups is 1. The van der Waals surface area contributed by atoms with Crippen LogP contribution >= 0.6 is 0 Å². The molecule has 1 aliphatic rings. The van der Waals surface area contributed by atoms with Crippen molar-refractivity contribution >= 4 is 11.6 Å². The summed E-state index contributed by atoms with van der Waals surface area (Å²) in [4.78, 5) is 12.3. The van der Waals surface area contributed by atoms with Gasteiger partial charge in [0.15, 0.2) is 0 Å². The first-order valence-electron chi connectivity index (χ1n) is 7.70. The summed E-state index contributed by atoms with van der Waals surface area (Å²) in [6.45, 7) is 7.29. The lowest BCUT2D eigenvalue weighted by Gasteiger charge is -2.22. The van der Waals surface area contributed by atoms with Gasteiger partial charge in [0, 0.05) is 17.1 Å². The van der Waals surface area contributed by atoms with Crippen molar-refractivity contribution < 1.29 is 4.79 Å². The van der Waals surface area contributed by atoms with Crippen LogP contribution in [0.4, 0.5) is 5.69 Å². The van der Waals surface area contributed by atoms with Crippen LogP contribution in [0.2, 0.25) is 0 Å². The van der Waals surface area contributed by atoms with E-state index >= 15 is 0 Å². The Morgan fingerprint density at radius 1 is 1.25 bits per heavy atom. The highest BCUT2D eigenvalue weighted by atomic mass is 16.2. The Hall–Kier alpha value is -1.35. The highest BCUT2D eigenvalue weighted by Crippen LogP contribution is 2.38. The standard InChI is InChI=1S/C17H26N2O/c1-4-18-13(2)14-7-9-15(10-8-14)19-16(20)17(3)11-5-6-12-17/h7-10,13,18H,4-6,11-12H2,1-3H3,(H,19,20). The van der Waals surface area contributed by atoms with E-state index in [1.165, 1.54) is 18.4 Å². The Labute approximate surface area is 122 Å². The first kappa shape index (κ1) is 15.0. The van der Waals surface area contributed by atoms with E-state index in [2.05, 4.69) is 43.5 Å². The molecule has 0 radical (unpaired) electrons. The van der Waals surface area contributed by atoms with Crippen LogP contribution in [0.3, 0.4) is 0 Å². The monoisotopic (exact) mass is 274 g/mol. The number of anilines is 1. The van der Waals surface area contributed by atoms with Crippen molar-refractivity contribution in [2.75, 3.05) is 11.9 Å². The smallest absolute Gasteiger partial charge is 0.230 e. The zero-order chi connectivity index (χ0) is 14.6. The second-order valence-corrected chi connectivity index (χ2v) is 6.12. The molecule has 2 N–H and O–H groups in total. The number of amides is 1. The number of rotatable bonds is 5. The predicted molar refractivity (Wildman–Crippen MR) is 83.7 cm³/mol. The lowest BCUT2D eigenvalue weighted by molar-refractivity contribution is -0.124. The molecule has 3 heteroatoms. The maximum Gasteiger partial charge on any atom is 0.230 e. The van der Waals surface area contributed by atoms with E-state index in [0.29, 0.717) is 6.04 Å². The third-order valence-electron chi connectivity index (χ3n) is 4.43. The van der Waals surface area contributed by atoms with Crippen molar-refractivity contribution in [3.8, 4) is 0 Å². The van der Waals surface area contributed by atoms with Gasteiger partial charge < -0.3 is 10.6 Å². The molecule has 1 fully saturated rings. The molecule has 0 bridgehead atoms. The lowest BCUT2D eigenvalue weighted by atomic mass is 9.88. The quantitative estimate of drug-likeness (QED) is 0.855. The average molecular weight is 274 g/mol. The maximum atomic E-state index is 12.3. The first-order valence-corrected chi connectivity index (χ1v) is 7.70. The molecule has 1 amide bonds. The summed E-state index contributed by atoms with van der Waals surface area (Å²) < 4.78 is 0. The van der Waals surface area contributed by atoms with E-state index in [1.807, 2.05) is 12.1 Å². The van der Waals surface area contributed by atoms with Gasteiger partial charge in [0.2, 0.25) is 5.91 Å². The minimum atomic E-state index is -0.171. The zero-order valence-electron chi connectivity index (χ0n) is 12.8. The van der Waals surface area contributed by atoms with Crippen LogP contribution in [-0.2, 0) is 4.79 Å². The molecule has 3 nitrogen and oxygen atoms in total. The Morgan fingerprint density at radius 2 is 1.85 bits per heavy atom. The first-order chi connectivity index (χ1) is 9.55. The highest BCUT2D eigenvalue weighted by Gasteiger charge is 2.36. The molecule has 1 atom stereocenters. The van der Waals surface area contributed by atoms with Crippen LogP contribution in [0.25, 0.3) is 0 Å². The Morgan fingerprint density at radius 3 is 2.40 bits per heavy atom. The van der Waals surface area contributed by atoms with Gasteiger partial charge in [-0.15, -0.1) is 0 Å². The molecule has 2 rings (SSSR count). The van der Waals surface area contributed by atoms with Crippen LogP contribution < -0.4 is 10.6 Å². The molecule has 0 spiro atoms. The number of benzene rings is 1. The number of hydrogen-bond donors (Lipinski definition) is 2. The molecule has 1 aromatic rings. The lowest BCUT2D eigenvalue weighted by Crippen LogP contribution is -2.30. The van der Waals surface area contributed by atoms with Crippen LogP contribution in [0.5, 0.6) is 0 Å². The van der Waals surface area contributed by atoms with Crippen LogP contribution in [0.1, 0.15) is 58.1 Å². The molecule has 1 aliphatic carbocycles. The third-order valence-corrected chi connectivity index (χ3v) is 4.43. The van der Waals surface area contributed by atoms with Gasteiger partial charge in [-0.3, -0.25) is 4.79 Å². The summed E-state index contributed by atoms with van der Waals surface area (Å²) >= 11 is 0. The van der Waals surface area contributed by atoms with E-state index in [0.717, 1.165) is 25.1 Å². The molecule has 1 saturated carbocycles. The second-order valence-electron chi connectivity index (χ2n) is 6.12. The fourth-order valence-electron chi connectivity index (χ4n) is 2.94. The Kier molecular flexibility index (Phi) is 4.81. The van der Waals surface area contributed by atoms with E-state index in [4.69, 9.17) is 0 Å². The molecule has 0 saturated heterocycles. The van der Waals surface area contributed by atoms with E-state index in [1.54, 1.807) is 0 Å². The summed E-state index contributed by atoms with van der Waals surface area (Å²) in [6.07, 6.45) is 4.36. The Balaban J connectivity index is 1.98. The summed E-state index contributed by atoms with van der Waals surface area (Å²) in [5.41, 5.74) is 1.97. The summed E-state index contributed by atoms with van der Waals surface area (Å²) in [5, 5.41) is 6.45. The van der Waals surface area contributed by atoms with Gasteiger partial charge in [-0.2, -0.15) is 0 Å². The number of carbonyl (C=O) groups excluding carboxylic acids is 1. The minimum Gasteiger partial charge on any atom is -0.326 e. The zero-order valence-corrected chi connectivity index (χ0v) is 12.8. The maximum absolute atomic E-state index is 12.3. The molecular weight excluding hydrogens is 248 g/mol. The molecule has 0 heterocycles. The van der Waals surface area contributed by atoms with E-state index < -0.39 is 0 Å². The summed E-state index contributed by atoms with van der Waals surface area (Å²) in [7, 11) is 0. The van der Waals surface area contributed by atoms with Crippen molar-refractivity contribution in [3.05, 3.63) is 29.8 Å². The fourth-order valence-corrected chi connectivity index (χ4v) is 2.94. The molecule has 1 aromatic carbocycles. The van der Waals surface area contributed by atoms with Gasteiger partial charge in [0.25, 0.3) is 0 Å². The summed E-state index contributed by atoms with van der Waals surface area (Å²) in [6, 6.07) is 8.51. The van der Waals surface area contributed by atoms with E-state index in [-0.39, 0.29) is 11.3 Å². The SMILES string of the molecule is CCNC(C)c1ccc(NC(=O)C2(C)CCCC2)cc1. The van der Waals surface area contributed by atoms with Crippen LogP contribution in [0, 0.1) is 5.41 Å². The van der Waals surface area contributed by atoms with Gasteiger partial charge in [0.05, 0.1) is 0 Å². The molecule has 20 heavy (non-hydrogen) atoms. The van der Waals surface area contributed by atoms with Gasteiger partial charge in [0.1, 0.15) is 0 Å². The predicted octanol–water partition coefficient (Wildman–Crippen LogP) is 3.88. The van der Waals surface area contributed by atoms with Crippen LogP contribution in [0.15, 0.2) is 24.3 Å². The van der Waals surface area contributed by atoms with Gasteiger partial charge in [-0.1, -0.05) is 38.8 Å². The van der Waals surface area contributed by atoms with Crippen molar-refractivity contribution in [1.82, 2.24) is 5.32 Å². The highest BCUT2D eigenvalue weighted by molar-refractivity contribution is 5.95. The van der Waals surface area contributed by atoms with E-state index in [9.17, 15) is 4.79 Å². The van der Waals surface area contributed by atoms with Crippen molar-refractivity contribution in [2.24, 2.45) is 5.41 Å². The number of hydrogen-bond acceptors (Lipinski definition) is 2. The summed E-state index contributed by atoms with van der Waals surface area (Å²) in [5.74, 6) is 0.169. The molecule has 110 valence electrons. The van der Waals surface area contributed by atoms with Gasteiger partial charge >= 0.3 is 0 Å². The van der Waals surface area contributed by atoms with Crippen molar-refractivity contribution in [3.63, 3.8) is 0 Å². The molecule has 1 unspecified atom stereocenters. The van der Waals surface area contributed by atoms with Crippen LogP contribution in [-0.4, -0.2) is 12.5 Å². The average Bonchev–Trinajstić information content (AvgIpc) is 2.88. The Bertz CT molecular complexity index is 447. The second kappa shape index (κ2) is 6.40. The van der Waals surface area contributed by atoms with Gasteiger partial charge in [-0.25, -0.2) is 0 Å². The third kappa shape index (κ3) is 3.40. The molecular formula is C17H26N2O. The van der Waals surface area contributed by atoms with Gasteiger partial charge in [-0.05, 0) is 44.0 Å². The van der Waals surface area contributed by atoms with Crippen molar-refractivity contribution in [2.45, 2.75) is 52.5 Å². The molecule has 0 aromatic heterocycles. The van der Waals surface area contributed by atoms with Crippen molar-refractivity contribution in [1.29, 1.82) is 0 Å². The fraction of sp³-hybridized carbons (Fsp3) is 0.588. The topological polar surface area (TPSA) is 41.1 Å². The molecule has 0 aliphatic heterocycles. The minimum absolute atomic E-state index is 0.169. The largest absolute Gasteiger partial charge is 0.326 e. The normalized spacial score (nSPS) is 18.8. The number of nitrogens with one attached hydrogen (secondary N) is 2.